The molecule has 0 aromatic carbocycles. The van der Waals surface area contributed by atoms with Gasteiger partial charge < -0.3 is 4.74 Å². The van der Waals surface area contributed by atoms with Gasteiger partial charge in [-0.1, -0.05) is 15.9 Å². The number of halogens is 3. The monoisotopic (exact) mass is 258 g/mol. The second-order valence-corrected chi connectivity index (χ2v) is 3.36. The highest BCUT2D eigenvalue weighted by Gasteiger charge is 2.39. The number of rotatable bonds is 6. The van der Waals surface area contributed by atoms with Crippen molar-refractivity contribution in [2.75, 3.05) is 11.9 Å². The molecular formula is C8H13BrF2O2. The maximum atomic E-state index is 12.8. The van der Waals surface area contributed by atoms with Gasteiger partial charge in [0.1, 0.15) is 0 Å². The molecule has 78 valence electrons. The summed E-state index contributed by atoms with van der Waals surface area (Å²) in [5, 5.41) is 0.673. The van der Waals surface area contributed by atoms with Crippen LogP contribution in [-0.4, -0.2) is 23.8 Å². The highest BCUT2D eigenvalue weighted by atomic mass is 79.9. The summed E-state index contributed by atoms with van der Waals surface area (Å²) < 4.78 is 29.9. The molecule has 0 amide bonds. The van der Waals surface area contributed by atoms with E-state index in [1.807, 2.05) is 0 Å². The average molecular weight is 259 g/mol. The van der Waals surface area contributed by atoms with Crippen molar-refractivity contribution in [1.82, 2.24) is 0 Å². The molecule has 0 fully saturated rings. The number of unbranched alkanes of at least 4 members (excludes halogenated alkanes) is 1. The Balaban J connectivity index is 3.83. The lowest BCUT2D eigenvalue weighted by molar-refractivity contribution is -0.172. The van der Waals surface area contributed by atoms with E-state index in [9.17, 15) is 13.6 Å². The van der Waals surface area contributed by atoms with Gasteiger partial charge >= 0.3 is 11.9 Å². The first-order chi connectivity index (χ1) is 6.04. The van der Waals surface area contributed by atoms with E-state index >= 15 is 0 Å². The highest BCUT2D eigenvalue weighted by Crippen LogP contribution is 2.23. The predicted molar refractivity (Wildman–Crippen MR) is 49.2 cm³/mol. The quantitative estimate of drug-likeness (QED) is 0.416. The summed E-state index contributed by atoms with van der Waals surface area (Å²) in [7, 11) is 0. The highest BCUT2D eigenvalue weighted by molar-refractivity contribution is 9.09. The van der Waals surface area contributed by atoms with Crippen molar-refractivity contribution < 1.29 is 18.3 Å². The van der Waals surface area contributed by atoms with Crippen molar-refractivity contribution in [2.45, 2.75) is 32.1 Å². The lowest BCUT2D eigenvalue weighted by atomic mass is 10.1. The third-order valence-corrected chi connectivity index (χ3v) is 2.01. The summed E-state index contributed by atoms with van der Waals surface area (Å²) in [6.07, 6.45) is 0.517. The van der Waals surface area contributed by atoms with Gasteiger partial charge in [0.05, 0.1) is 6.61 Å². The van der Waals surface area contributed by atoms with Crippen LogP contribution in [0.25, 0.3) is 0 Å². The lowest BCUT2D eigenvalue weighted by Gasteiger charge is -2.13. The largest absolute Gasteiger partial charge is 0.462 e. The van der Waals surface area contributed by atoms with Gasteiger partial charge in [-0.25, -0.2) is 4.79 Å². The Morgan fingerprint density at radius 1 is 1.46 bits per heavy atom. The van der Waals surface area contributed by atoms with E-state index in [0.717, 1.165) is 0 Å². The molecule has 0 saturated heterocycles. The fourth-order valence-corrected chi connectivity index (χ4v) is 1.18. The van der Waals surface area contributed by atoms with E-state index in [4.69, 9.17) is 0 Å². The van der Waals surface area contributed by atoms with Crippen molar-refractivity contribution in [2.24, 2.45) is 0 Å². The van der Waals surface area contributed by atoms with Crippen LogP contribution in [0.5, 0.6) is 0 Å². The van der Waals surface area contributed by atoms with Crippen LogP contribution in [0.1, 0.15) is 26.2 Å². The summed E-state index contributed by atoms with van der Waals surface area (Å²) >= 11 is 3.12. The first-order valence-electron chi connectivity index (χ1n) is 4.15. The van der Waals surface area contributed by atoms with E-state index in [1.165, 1.54) is 6.92 Å². The number of hydrogen-bond donors (Lipinski definition) is 0. The Labute approximate surface area is 84.8 Å². The minimum atomic E-state index is -3.32. The van der Waals surface area contributed by atoms with Crippen LogP contribution in [-0.2, 0) is 9.53 Å². The second-order valence-electron chi connectivity index (χ2n) is 2.57. The number of hydrogen-bond acceptors (Lipinski definition) is 2. The number of ether oxygens (including phenoxy) is 1. The van der Waals surface area contributed by atoms with Crippen molar-refractivity contribution >= 4 is 21.9 Å². The SMILES string of the molecule is CCOC(=O)C(F)(F)CCCCBr. The van der Waals surface area contributed by atoms with Crippen molar-refractivity contribution in [3.8, 4) is 0 Å². The molecule has 0 atom stereocenters. The predicted octanol–water partition coefficient (Wildman–Crippen LogP) is 2.75. The molecular weight excluding hydrogens is 246 g/mol. The smallest absolute Gasteiger partial charge is 0.376 e. The molecule has 0 unspecified atom stereocenters. The molecule has 0 aliphatic carbocycles. The molecule has 0 rings (SSSR count). The number of carbonyl (C=O) groups excluding carboxylic acids is 1. The molecule has 0 bridgehead atoms. The Kier molecular flexibility index (Phi) is 6.20. The van der Waals surface area contributed by atoms with Gasteiger partial charge in [0.15, 0.2) is 0 Å². The van der Waals surface area contributed by atoms with Gasteiger partial charge in [0, 0.05) is 11.8 Å². The molecule has 0 N–H and O–H groups in total. The number of esters is 1. The van der Waals surface area contributed by atoms with Crippen LogP contribution in [0, 0.1) is 0 Å². The molecule has 0 radical (unpaired) electrons. The summed E-state index contributed by atoms with van der Waals surface area (Å²) in [5.41, 5.74) is 0. The standard InChI is InChI=1S/C8H13BrF2O2/c1-2-13-7(12)8(10,11)5-3-4-6-9/h2-6H2,1H3. The summed E-state index contributed by atoms with van der Waals surface area (Å²) in [5.74, 6) is -4.73. The summed E-state index contributed by atoms with van der Waals surface area (Å²) in [4.78, 5) is 10.7. The van der Waals surface area contributed by atoms with Crippen LogP contribution in [0.3, 0.4) is 0 Å². The normalized spacial score (nSPS) is 11.4. The van der Waals surface area contributed by atoms with Gasteiger partial charge in [-0.3, -0.25) is 0 Å². The van der Waals surface area contributed by atoms with Crippen molar-refractivity contribution in [3.05, 3.63) is 0 Å². The molecule has 0 aliphatic heterocycles. The number of alkyl halides is 3. The fraction of sp³-hybridized carbons (Fsp3) is 0.875. The second kappa shape index (κ2) is 6.29. The van der Waals surface area contributed by atoms with Gasteiger partial charge in [-0.15, -0.1) is 0 Å². The zero-order valence-electron chi connectivity index (χ0n) is 7.49. The Morgan fingerprint density at radius 3 is 2.54 bits per heavy atom. The minimum absolute atomic E-state index is 0.00708. The number of carbonyl (C=O) groups is 1. The zero-order chi connectivity index (χ0) is 10.3. The van der Waals surface area contributed by atoms with Crippen LogP contribution in [0.15, 0.2) is 0 Å². The van der Waals surface area contributed by atoms with Crippen LogP contribution >= 0.6 is 15.9 Å². The topological polar surface area (TPSA) is 26.3 Å². The van der Waals surface area contributed by atoms with E-state index in [0.29, 0.717) is 18.2 Å². The third-order valence-electron chi connectivity index (χ3n) is 1.45. The Hall–Kier alpha value is -0.190. The first-order valence-corrected chi connectivity index (χ1v) is 5.27. The van der Waals surface area contributed by atoms with Crippen molar-refractivity contribution in [1.29, 1.82) is 0 Å². The molecule has 0 heterocycles. The van der Waals surface area contributed by atoms with Gasteiger partial charge in [-0.05, 0) is 19.8 Å². The maximum absolute atomic E-state index is 12.8. The molecule has 0 aliphatic rings. The molecule has 5 heteroatoms. The molecule has 0 aromatic heterocycles. The van der Waals surface area contributed by atoms with E-state index in [2.05, 4.69) is 20.7 Å². The van der Waals surface area contributed by atoms with Crippen LogP contribution in [0.2, 0.25) is 0 Å². The van der Waals surface area contributed by atoms with Crippen molar-refractivity contribution in [3.63, 3.8) is 0 Å². The van der Waals surface area contributed by atoms with Crippen LogP contribution < -0.4 is 0 Å². The Bertz CT molecular complexity index is 162. The maximum Gasteiger partial charge on any atom is 0.376 e. The first kappa shape index (κ1) is 12.8. The molecule has 0 saturated carbocycles. The van der Waals surface area contributed by atoms with Crippen LogP contribution in [0.4, 0.5) is 8.78 Å². The lowest BCUT2D eigenvalue weighted by Crippen LogP contribution is -2.30. The van der Waals surface area contributed by atoms with E-state index in [1.54, 1.807) is 0 Å². The Morgan fingerprint density at radius 2 is 2.08 bits per heavy atom. The fourth-order valence-electron chi connectivity index (χ4n) is 0.780. The average Bonchev–Trinajstić information content (AvgIpc) is 2.05. The summed E-state index contributed by atoms with van der Waals surface area (Å²) in [6, 6.07) is 0. The van der Waals surface area contributed by atoms with Gasteiger partial charge in [-0.2, -0.15) is 8.78 Å². The van der Waals surface area contributed by atoms with E-state index < -0.39 is 18.3 Å². The zero-order valence-corrected chi connectivity index (χ0v) is 9.07. The third kappa shape index (κ3) is 5.18. The van der Waals surface area contributed by atoms with Gasteiger partial charge in [0.25, 0.3) is 0 Å². The van der Waals surface area contributed by atoms with Gasteiger partial charge in [0.2, 0.25) is 0 Å². The summed E-state index contributed by atoms with van der Waals surface area (Å²) in [6.45, 7) is 1.50. The minimum Gasteiger partial charge on any atom is -0.462 e. The molecule has 0 spiro atoms. The molecule has 0 aromatic rings. The van der Waals surface area contributed by atoms with E-state index in [-0.39, 0.29) is 6.61 Å². The molecule has 2 nitrogen and oxygen atoms in total. The molecule has 13 heavy (non-hydrogen) atoms.